The summed E-state index contributed by atoms with van der Waals surface area (Å²) in [6.07, 6.45) is 0. The third-order valence-electron chi connectivity index (χ3n) is 2.40. The molecule has 2 rings (SSSR count). The smallest absolute Gasteiger partial charge is 0.264 e. The molecule has 0 saturated carbocycles. The molecule has 0 aliphatic heterocycles. The highest BCUT2D eigenvalue weighted by molar-refractivity contribution is 5.36. The number of ether oxygens (including phenoxy) is 1. The van der Waals surface area contributed by atoms with Gasteiger partial charge in [-0.3, -0.25) is 0 Å². The number of phenolic OH excluding ortho intramolecular Hbond substituents is 1. The molecule has 1 heterocycles. The van der Waals surface area contributed by atoms with Crippen LogP contribution in [0.2, 0.25) is 0 Å². The molecule has 5 nitrogen and oxygen atoms in total. The lowest BCUT2D eigenvalue weighted by Gasteiger charge is -2.04. The van der Waals surface area contributed by atoms with E-state index in [1.54, 1.807) is 12.1 Å². The highest BCUT2D eigenvalue weighted by Gasteiger charge is 2.10. The van der Waals surface area contributed by atoms with Gasteiger partial charge >= 0.3 is 0 Å². The van der Waals surface area contributed by atoms with Gasteiger partial charge in [0.25, 0.3) is 5.89 Å². The zero-order valence-corrected chi connectivity index (χ0v) is 10.7. The molecule has 0 amide bonds. The molecule has 18 heavy (non-hydrogen) atoms. The summed E-state index contributed by atoms with van der Waals surface area (Å²) in [5.41, 5.74) is 0.929. The third-order valence-corrected chi connectivity index (χ3v) is 2.40. The van der Waals surface area contributed by atoms with Crippen LogP contribution >= 0.6 is 0 Å². The molecule has 2 aromatic rings. The van der Waals surface area contributed by atoms with Crippen molar-refractivity contribution in [2.75, 3.05) is 0 Å². The maximum atomic E-state index is 9.44. The number of hydrogen-bond donors (Lipinski definition) is 1. The van der Waals surface area contributed by atoms with Crippen molar-refractivity contribution in [3.8, 4) is 11.5 Å². The Morgan fingerprint density at radius 3 is 2.72 bits per heavy atom. The molecule has 96 valence electrons. The minimum absolute atomic E-state index is 0.179. The van der Waals surface area contributed by atoms with E-state index in [1.807, 2.05) is 26.8 Å². The van der Waals surface area contributed by atoms with E-state index in [1.165, 1.54) is 0 Å². The summed E-state index contributed by atoms with van der Waals surface area (Å²) in [4.78, 5) is 4.20. The van der Waals surface area contributed by atoms with Crippen LogP contribution < -0.4 is 4.74 Å². The highest BCUT2D eigenvalue weighted by Crippen LogP contribution is 2.22. The second-order valence-electron chi connectivity index (χ2n) is 4.49. The maximum absolute atomic E-state index is 9.44. The molecule has 0 bridgehead atoms. The van der Waals surface area contributed by atoms with Crippen molar-refractivity contribution in [1.29, 1.82) is 0 Å². The van der Waals surface area contributed by atoms with Crippen LogP contribution in [-0.2, 0) is 6.61 Å². The van der Waals surface area contributed by atoms with E-state index < -0.39 is 0 Å². The lowest BCUT2D eigenvalue weighted by Crippen LogP contribution is -1.97. The molecular weight excluding hydrogens is 232 g/mol. The van der Waals surface area contributed by atoms with Crippen molar-refractivity contribution >= 4 is 0 Å². The van der Waals surface area contributed by atoms with Gasteiger partial charge in [-0.2, -0.15) is 4.98 Å². The number of aromatic hydroxyl groups is 1. The van der Waals surface area contributed by atoms with Gasteiger partial charge in [-0.15, -0.1) is 0 Å². The Morgan fingerprint density at radius 1 is 1.33 bits per heavy atom. The molecule has 0 unspecified atom stereocenters. The van der Waals surface area contributed by atoms with Crippen LogP contribution in [0.15, 0.2) is 22.7 Å². The van der Waals surface area contributed by atoms with Gasteiger partial charge in [0, 0.05) is 12.0 Å². The van der Waals surface area contributed by atoms with Gasteiger partial charge in [0.1, 0.15) is 11.5 Å². The number of phenols is 1. The average molecular weight is 248 g/mol. The lowest BCUT2D eigenvalue weighted by molar-refractivity contribution is 0.241. The minimum Gasteiger partial charge on any atom is -0.508 e. The largest absolute Gasteiger partial charge is 0.508 e. The van der Waals surface area contributed by atoms with Crippen LogP contribution in [0.25, 0.3) is 0 Å². The Labute approximate surface area is 105 Å². The molecule has 0 aliphatic rings. The second-order valence-corrected chi connectivity index (χ2v) is 4.49. The number of rotatable bonds is 4. The van der Waals surface area contributed by atoms with Crippen molar-refractivity contribution in [1.82, 2.24) is 10.1 Å². The Balaban J connectivity index is 2.02. The minimum atomic E-state index is 0.179. The van der Waals surface area contributed by atoms with Crippen LogP contribution in [0.5, 0.6) is 11.5 Å². The molecular formula is C13H16N2O3. The molecule has 0 aliphatic carbocycles. The van der Waals surface area contributed by atoms with Crippen molar-refractivity contribution in [3.05, 3.63) is 35.5 Å². The van der Waals surface area contributed by atoms with Crippen LogP contribution in [0.3, 0.4) is 0 Å². The standard InChI is InChI=1S/C13H16N2O3/c1-8(2)13-14-12(18-15-13)7-17-11-5-9(3)4-10(16)6-11/h4-6,8,16H,7H2,1-3H3. The zero-order valence-electron chi connectivity index (χ0n) is 10.7. The van der Waals surface area contributed by atoms with Crippen molar-refractivity contribution < 1.29 is 14.4 Å². The molecule has 1 aromatic carbocycles. The molecule has 0 atom stereocenters. The fourth-order valence-corrected chi connectivity index (χ4v) is 1.52. The highest BCUT2D eigenvalue weighted by atomic mass is 16.5. The monoisotopic (exact) mass is 248 g/mol. The van der Waals surface area contributed by atoms with E-state index in [2.05, 4.69) is 10.1 Å². The summed E-state index contributed by atoms with van der Waals surface area (Å²) in [5.74, 6) is 2.08. The van der Waals surface area contributed by atoms with E-state index in [9.17, 15) is 5.11 Å². The van der Waals surface area contributed by atoms with Gasteiger partial charge in [-0.05, 0) is 24.6 Å². The predicted molar refractivity (Wildman–Crippen MR) is 65.6 cm³/mol. The summed E-state index contributed by atoms with van der Waals surface area (Å²) in [7, 11) is 0. The first-order valence-electron chi connectivity index (χ1n) is 5.80. The summed E-state index contributed by atoms with van der Waals surface area (Å²) in [6, 6.07) is 5.04. The van der Waals surface area contributed by atoms with Crippen LogP contribution in [0, 0.1) is 6.92 Å². The Morgan fingerprint density at radius 2 is 2.11 bits per heavy atom. The van der Waals surface area contributed by atoms with Crippen molar-refractivity contribution in [3.63, 3.8) is 0 Å². The van der Waals surface area contributed by atoms with Gasteiger partial charge in [0.05, 0.1) is 0 Å². The SMILES string of the molecule is Cc1cc(O)cc(OCc2nc(C(C)C)no2)c1. The zero-order chi connectivity index (χ0) is 13.1. The van der Waals surface area contributed by atoms with Crippen molar-refractivity contribution in [2.24, 2.45) is 0 Å². The van der Waals surface area contributed by atoms with E-state index in [0.717, 1.165) is 5.56 Å². The molecule has 0 saturated heterocycles. The molecule has 5 heteroatoms. The molecule has 0 radical (unpaired) electrons. The summed E-state index contributed by atoms with van der Waals surface area (Å²) in [6.45, 7) is 6.07. The summed E-state index contributed by atoms with van der Waals surface area (Å²) < 4.78 is 10.6. The van der Waals surface area contributed by atoms with Gasteiger partial charge in [0.2, 0.25) is 0 Å². The fourth-order valence-electron chi connectivity index (χ4n) is 1.52. The first-order valence-corrected chi connectivity index (χ1v) is 5.80. The number of benzene rings is 1. The number of hydrogen-bond acceptors (Lipinski definition) is 5. The number of aromatic nitrogens is 2. The second kappa shape index (κ2) is 5.08. The average Bonchev–Trinajstić information content (AvgIpc) is 2.73. The predicted octanol–water partition coefficient (Wildman–Crippen LogP) is 2.79. The topological polar surface area (TPSA) is 68.4 Å². The van der Waals surface area contributed by atoms with Gasteiger partial charge in [-0.25, -0.2) is 0 Å². The van der Waals surface area contributed by atoms with Crippen LogP contribution in [0.4, 0.5) is 0 Å². The van der Waals surface area contributed by atoms with E-state index in [4.69, 9.17) is 9.26 Å². The lowest BCUT2D eigenvalue weighted by atomic mass is 10.2. The quantitative estimate of drug-likeness (QED) is 0.901. The number of nitrogens with zero attached hydrogens (tertiary/aromatic N) is 2. The summed E-state index contributed by atoms with van der Waals surface area (Å²) >= 11 is 0. The normalized spacial score (nSPS) is 10.9. The summed E-state index contributed by atoms with van der Waals surface area (Å²) in [5, 5.41) is 13.3. The van der Waals surface area contributed by atoms with E-state index >= 15 is 0 Å². The van der Waals surface area contributed by atoms with Gasteiger partial charge in [-0.1, -0.05) is 19.0 Å². The fraction of sp³-hybridized carbons (Fsp3) is 0.385. The van der Waals surface area contributed by atoms with Crippen molar-refractivity contribution in [2.45, 2.75) is 33.3 Å². The third kappa shape index (κ3) is 3.00. The Hall–Kier alpha value is -2.04. The van der Waals surface area contributed by atoms with Crippen LogP contribution in [-0.4, -0.2) is 15.2 Å². The number of aryl methyl sites for hydroxylation is 1. The molecule has 0 fully saturated rings. The van der Waals surface area contributed by atoms with E-state index in [0.29, 0.717) is 17.5 Å². The Kier molecular flexibility index (Phi) is 3.50. The first-order chi connectivity index (χ1) is 8.54. The molecule has 1 aromatic heterocycles. The van der Waals surface area contributed by atoms with Gasteiger partial charge in [0.15, 0.2) is 12.4 Å². The molecule has 0 spiro atoms. The molecule has 1 N–H and O–H groups in total. The maximum Gasteiger partial charge on any atom is 0.264 e. The van der Waals surface area contributed by atoms with Gasteiger partial charge < -0.3 is 14.4 Å². The van der Waals surface area contributed by atoms with Crippen LogP contribution in [0.1, 0.15) is 37.0 Å². The first kappa shape index (κ1) is 12.4. The van der Waals surface area contributed by atoms with E-state index in [-0.39, 0.29) is 18.3 Å². The Bertz CT molecular complexity index is 515.